The predicted octanol–water partition coefficient (Wildman–Crippen LogP) is 0.815. The van der Waals surface area contributed by atoms with E-state index in [1.165, 1.54) is 4.90 Å². The van der Waals surface area contributed by atoms with Crippen molar-refractivity contribution in [3.05, 3.63) is 29.3 Å². The fraction of sp³-hybridized carbons (Fsp3) is 0.385. The lowest BCUT2D eigenvalue weighted by atomic mass is 10.1. The summed E-state index contributed by atoms with van der Waals surface area (Å²) in [4.78, 5) is 27.6. The van der Waals surface area contributed by atoms with Crippen LogP contribution in [0.2, 0.25) is 0 Å². The van der Waals surface area contributed by atoms with Crippen LogP contribution in [-0.4, -0.2) is 48.3 Å². The van der Waals surface area contributed by atoms with Crippen LogP contribution in [0.5, 0.6) is 0 Å². The lowest BCUT2D eigenvalue weighted by Gasteiger charge is -2.24. The lowest BCUT2D eigenvalue weighted by Crippen LogP contribution is -2.41. The Balaban J connectivity index is 2.32. The molecule has 1 aromatic carbocycles. The van der Waals surface area contributed by atoms with Gasteiger partial charge in [0.15, 0.2) is 0 Å². The highest BCUT2D eigenvalue weighted by Crippen LogP contribution is 2.27. The molecular formula is C13H17N3O2. The van der Waals surface area contributed by atoms with Gasteiger partial charge in [-0.2, -0.15) is 0 Å². The number of carbonyl (C=O) groups is 2. The van der Waals surface area contributed by atoms with Crippen molar-refractivity contribution in [1.29, 1.82) is 0 Å². The molecule has 1 unspecified atom stereocenters. The number of hydrogen-bond acceptors (Lipinski definition) is 4. The molecule has 0 saturated carbocycles. The molecule has 1 aliphatic rings. The zero-order valence-electron chi connectivity index (χ0n) is 10.8. The third-order valence-electron chi connectivity index (χ3n) is 3.36. The van der Waals surface area contributed by atoms with E-state index in [1.54, 1.807) is 18.2 Å². The van der Waals surface area contributed by atoms with E-state index in [1.807, 2.05) is 25.9 Å². The SMILES string of the molecule is CC(CN1C(=O)c2cccc(N)c2C1=O)N(C)C. The molecule has 0 radical (unpaired) electrons. The zero-order chi connectivity index (χ0) is 13.4. The first-order valence-corrected chi connectivity index (χ1v) is 5.84. The van der Waals surface area contributed by atoms with E-state index in [9.17, 15) is 9.59 Å². The summed E-state index contributed by atoms with van der Waals surface area (Å²) in [6.45, 7) is 2.34. The Morgan fingerprint density at radius 2 is 1.94 bits per heavy atom. The Morgan fingerprint density at radius 1 is 1.28 bits per heavy atom. The molecule has 5 heteroatoms. The summed E-state index contributed by atoms with van der Waals surface area (Å²) in [6, 6.07) is 5.08. The van der Waals surface area contributed by atoms with E-state index in [-0.39, 0.29) is 17.9 Å². The van der Waals surface area contributed by atoms with Gasteiger partial charge in [-0.15, -0.1) is 0 Å². The van der Waals surface area contributed by atoms with Crippen molar-refractivity contribution in [2.24, 2.45) is 0 Å². The molecule has 0 spiro atoms. The molecule has 0 fully saturated rings. The smallest absolute Gasteiger partial charge is 0.263 e. The number of imide groups is 1. The summed E-state index contributed by atoms with van der Waals surface area (Å²) in [6.07, 6.45) is 0. The number of anilines is 1. The molecule has 1 heterocycles. The van der Waals surface area contributed by atoms with Gasteiger partial charge >= 0.3 is 0 Å². The normalized spacial score (nSPS) is 16.3. The minimum absolute atomic E-state index is 0.105. The van der Waals surface area contributed by atoms with Crippen LogP contribution in [0.1, 0.15) is 27.6 Å². The monoisotopic (exact) mass is 247 g/mol. The molecule has 18 heavy (non-hydrogen) atoms. The maximum Gasteiger partial charge on any atom is 0.263 e. The summed E-state index contributed by atoms with van der Waals surface area (Å²) in [7, 11) is 3.83. The van der Waals surface area contributed by atoms with Gasteiger partial charge in [0.2, 0.25) is 0 Å². The highest BCUT2D eigenvalue weighted by molar-refractivity contribution is 6.23. The molecule has 5 nitrogen and oxygen atoms in total. The van der Waals surface area contributed by atoms with Gasteiger partial charge in [0.1, 0.15) is 0 Å². The van der Waals surface area contributed by atoms with Crippen molar-refractivity contribution in [1.82, 2.24) is 9.80 Å². The van der Waals surface area contributed by atoms with E-state index < -0.39 is 0 Å². The van der Waals surface area contributed by atoms with Crippen molar-refractivity contribution in [2.75, 3.05) is 26.4 Å². The molecule has 1 aromatic rings. The fourth-order valence-electron chi connectivity index (χ4n) is 1.95. The number of benzene rings is 1. The number of likely N-dealkylation sites (N-methyl/N-ethyl adjacent to an activating group) is 1. The second-order valence-electron chi connectivity index (χ2n) is 4.80. The van der Waals surface area contributed by atoms with E-state index in [0.29, 0.717) is 23.4 Å². The van der Waals surface area contributed by atoms with Crippen LogP contribution < -0.4 is 5.73 Å². The van der Waals surface area contributed by atoms with Crippen molar-refractivity contribution < 1.29 is 9.59 Å². The number of nitrogen functional groups attached to an aromatic ring is 1. The Bertz CT molecular complexity index is 511. The van der Waals surface area contributed by atoms with Crippen molar-refractivity contribution in [2.45, 2.75) is 13.0 Å². The maximum absolute atomic E-state index is 12.2. The van der Waals surface area contributed by atoms with Gasteiger partial charge in [0, 0.05) is 18.3 Å². The van der Waals surface area contributed by atoms with Crippen LogP contribution in [0.3, 0.4) is 0 Å². The number of amides is 2. The van der Waals surface area contributed by atoms with Crippen molar-refractivity contribution in [3.8, 4) is 0 Å². The molecule has 2 amide bonds. The molecule has 2 N–H and O–H groups in total. The minimum atomic E-state index is -0.290. The Labute approximate surface area is 106 Å². The zero-order valence-corrected chi connectivity index (χ0v) is 10.8. The number of carbonyl (C=O) groups excluding carboxylic acids is 2. The van der Waals surface area contributed by atoms with E-state index in [0.717, 1.165) is 0 Å². The average Bonchev–Trinajstić information content (AvgIpc) is 2.55. The number of nitrogens with zero attached hydrogens (tertiary/aromatic N) is 2. The highest BCUT2D eigenvalue weighted by Gasteiger charge is 2.37. The van der Waals surface area contributed by atoms with Crippen molar-refractivity contribution in [3.63, 3.8) is 0 Å². The summed E-state index contributed by atoms with van der Waals surface area (Å²) >= 11 is 0. The van der Waals surface area contributed by atoms with Crippen molar-refractivity contribution >= 4 is 17.5 Å². The van der Waals surface area contributed by atoms with E-state index >= 15 is 0 Å². The van der Waals surface area contributed by atoms with Crippen LogP contribution in [0, 0.1) is 0 Å². The number of rotatable bonds is 3. The number of hydrogen-bond donors (Lipinski definition) is 1. The Kier molecular flexibility index (Phi) is 3.09. The summed E-state index contributed by atoms with van der Waals surface area (Å²) in [5.41, 5.74) is 6.88. The van der Waals surface area contributed by atoms with Crippen LogP contribution in [-0.2, 0) is 0 Å². The van der Waals surface area contributed by atoms with Crippen LogP contribution in [0.4, 0.5) is 5.69 Å². The molecule has 96 valence electrons. The van der Waals surface area contributed by atoms with Gasteiger partial charge in [-0.1, -0.05) is 6.07 Å². The molecule has 0 aromatic heterocycles. The summed E-state index contributed by atoms with van der Waals surface area (Å²) in [5.74, 6) is -0.544. The standard InChI is InChI=1S/C13H17N3O2/c1-8(15(2)3)7-16-12(17)9-5-4-6-10(14)11(9)13(16)18/h4-6,8H,7,14H2,1-3H3. The molecule has 0 saturated heterocycles. The molecule has 1 atom stereocenters. The third kappa shape index (κ3) is 1.86. The second-order valence-corrected chi connectivity index (χ2v) is 4.80. The highest BCUT2D eigenvalue weighted by atomic mass is 16.2. The lowest BCUT2D eigenvalue weighted by molar-refractivity contribution is 0.0619. The van der Waals surface area contributed by atoms with Gasteiger partial charge in [-0.05, 0) is 33.2 Å². The molecule has 0 bridgehead atoms. The maximum atomic E-state index is 12.2. The topological polar surface area (TPSA) is 66.6 Å². The minimum Gasteiger partial charge on any atom is -0.398 e. The average molecular weight is 247 g/mol. The number of nitrogens with two attached hydrogens (primary N) is 1. The second kappa shape index (κ2) is 4.42. The summed E-state index contributed by atoms with van der Waals surface area (Å²) in [5, 5.41) is 0. The van der Waals surface area contributed by atoms with Gasteiger partial charge < -0.3 is 10.6 Å². The summed E-state index contributed by atoms with van der Waals surface area (Å²) < 4.78 is 0. The molecule has 0 aliphatic carbocycles. The largest absolute Gasteiger partial charge is 0.398 e. The fourth-order valence-corrected chi connectivity index (χ4v) is 1.95. The first-order valence-electron chi connectivity index (χ1n) is 5.84. The van der Waals surface area contributed by atoms with Gasteiger partial charge in [0.05, 0.1) is 11.1 Å². The van der Waals surface area contributed by atoms with Gasteiger partial charge in [0.25, 0.3) is 11.8 Å². The van der Waals surface area contributed by atoms with Crippen LogP contribution in [0.25, 0.3) is 0 Å². The van der Waals surface area contributed by atoms with Gasteiger partial charge in [-0.3, -0.25) is 14.5 Å². The van der Waals surface area contributed by atoms with Crippen LogP contribution in [0.15, 0.2) is 18.2 Å². The van der Waals surface area contributed by atoms with E-state index in [4.69, 9.17) is 5.73 Å². The predicted molar refractivity (Wildman–Crippen MR) is 69.4 cm³/mol. The van der Waals surface area contributed by atoms with Crippen LogP contribution >= 0.6 is 0 Å². The van der Waals surface area contributed by atoms with E-state index in [2.05, 4.69) is 0 Å². The Hall–Kier alpha value is -1.88. The number of fused-ring (bicyclic) bond motifs is 1. The molecule has 1 aliphatic heterocycles. The molecular weight excluding hydrogens is 230 g/mol. The first kappa shape index (κ1) is 12.6. The third-order valence-corrected chi connectivity index (χ3v) is 3.36. The first-order chi connectivity index (χ1) is 8.43. The quantitative estimate of drug-likeness (QED) is 0.634. The Morgan fingerprint density at radius 3 is 2.50 bits per heavy atom. The van der Waals surface area contributed by atoms with Gasteiger partial charge in [-0.25, -0.2) is 0 Å². The molecule has 2 rings (SSSR count).